The molecule has 0 aromatic rings. The van der Waals surface area contributed by atoms with Crippen LogP contribution in [0.25, 0.3) is 0 Å². The number of aliphatic hydroxyl groups excluding tert-OH is 1. The van der Waals surface area contributed by atoms with Crippen molar-refractivity contribution in [1.82, 2.24) is 10.2 Å². The van der Waals surface area contributed by atoms with Crippen molar-refractivity contribution in [2.24, 2.45) is 5.73 Å². The van der Waals surface area contributed by atoms with E-state index in [2.05, 4.69) is 5.32 Å². The molecular weight excluding hydrogens is 354 g/mol. The third-order valence-corrected chi connectivity index (χ3v) is 6.12. The minimum atomic E-state index is -1.98. The number of thioether (sulfide) groups is 1. The van der Waals surface area contributed by atoms with E-state index in [1.165, 1.54) is 0 Å². The van der Waals surface area contributed by atoms with Crippen molar-refractivity contribution in [2.75, 3.05) is 0 Å². The predicted molar refractivity (Wildman–Crippen MR) is 86.3 cm³/mol. The van der Waals surface area contributed by atoms with Gasteiger partial charge in [-0.2, -0.15) is 0 Å². The molecule has 0 spiro atoms. The number of carbonyl (C=O) groups is 4. The molecule has 0 aromatic carbocycles. The number of nitrogens with one attached hydrogen (secondary N) is 1. The van der Waals surface area contributed by atoms with Crippen LogP contribution < -0.4 is 11.1 Å². The maximum absolute atomic E-state index is 12.2. The summed E-state index contributed by atoms with van der Waals surface area (Å²) < 4.78 is -1.08. The van der Waals surface area contributed by atoms with Gasteiger partial charge < -0.3 is 26.4 Å². The first-order chi connectivity index (χ1) is 11.5. The van der Waals surface area contributed by atoms with Gasteiger partial charge in [-0.15, -0.1) is 11.8 Å². The highest BCUT2D eigenvalue weighted by Crippen LogP contribution is 2.55. The molecule has 0 saturated carbocycles. The van der Waals surface area contributed by atoms with Gasteiger partial charge in [0.25, 0.3) is 5.91 Å². The second kappa shape index (κ2) is 6.46. The molecule has 0 radical (unpaired) electrons. The monoisotopic (exact) mass is 375 g/mol. The first-order valence-electron chi connectivity index (χ1n) is 7.67. The molecule has 0 aliphatic carbocycles. The van der Waals surface area contributed by atoms with E-state index in [0.717, 1.165) is 16.7 Å². The van der Waals surface area contributed by atoms with Crippen LogP contribution in [-0.4, -0.2) is 71.9 Å². The Morgan fingerprint density at radius 1 is 1.36 bits per heavy atom. The summed E-state index contributed by atoms with van der Waals surface area (Å²) in [5.41, 5.74) is 3.38. The summed E-state index contributed by atoms with van der Waals surface area (Å²) in [6.07, 6.45) is -1.21. The summed E-state index contributed by atoms with van der Waals surface area (Å²) in [6.45, 7) is 3.15. The standard InChI is InChI=1S/C14H21N3O7S/c1-13(2)14(12(23)24,17-9(20)8(19)10(17)25-13)16-7(18)5-3-4-6(15)11(21)22/h6,8,10,19H,3-5,15H2,1-2H3,(H,16,18)(H,21,22)(H,23,24)/t6?,8-,10-,14+/m1/s1. The Morgan fingerprint density at radius 3 is 2.48 bits per heavy atom. The molecule has 6 N–H and O–H groups in total. The number of aliphatic carboxylic acids is 2. The number of hydrogen-bond donors (Lipinski definition) is 5. The van der Waals surface area contributed by atoms with Crippen LogP contribution in [0.5, 0.6) is 0 Å². The molecule has 2 fully saturated rings. The molecule has 2 rings (SSSR count). The second-order valence-corrected chi connectivity index (χ2v) is 8.31. The molecule has 1 unspecified atom stereocenters. The van der Waals surface area contributed by atoms with Gasteiger partial charge in [0.2, 0.25) is 11.6 Å². The van der Waals surface area contributed by atoms with Crippen molar-refractivity contribution in [3.63, 3.8) is 0 Å². The summed E-state index contributed by atoms with van der Waals surface area (Å²) in [4.78, 5) is 47.9. The van der Waals surface area contributed by atoms with Crippen molar-refractivity contribution in [3.05, 3.63) is 0 Å². The van der Waals surface area contributed by atoms with E-state index in [1.54, 1.807) is 13.8 Å². The molecule has 2 amide bonds. The smallest absolute Gasteiger partial charge is 0.352 e. The van der Waals surface area contributed by atoms with E-state index in [0.29, 0.717) is 0 Å². The zero-order valence-electron chi connectivity index (χ0n) is 13.8. The molecule has 0 bridgehead atoms. The lowest BCUT2D eigenvalue weighted by Gasteiger charge is -2.48. The molecule has 2 aliphatic heterocycles. The lowest BCUT2D eigenvalue weighted by atomic mass is 9.89. The number of hydrogen-bond acceptors (Lipinski definition) is 7. The van der Waals surface area contributed by atoms with Gasteiger partial charge >= 0.3 is 11.9 Å². The van der Waals surface area contributed by atoms with Gasteiger partial charge in [-0.3, -0.25) is 19.3 Å². The highest BCUT2D eigenvalue weighted by molar-refractivity contribution is 8.01. The Balaban J connectivity index is 2.13. The molecular formula is C14H21N3O7S. The highest BCUT2D eigenvalue weighted by atomic mass is 32.2. The Bertz CT molecular complexity index is 626. The molecule has 2 aliphatic rings. The number of carbonyl (C=O) groups excluding carboxylic acids is 2. The van der Waals surface area contributed by atoms with Crippen LogP contribution in [0.1, 0.15) is 33.1 Å². The summed E-state index contributed by atoms with van der Waals surface area (Å²) in [6, 6.07) is -1.10. The quantitative estimate of drug-likeness (QED) is 0.333. The largest absolute Gasteiger partial charge is 0.480 e. The number of fused-ring (bicyclic) bond motifs is 1. The van der Waals surface area contributed by atoms with Crippen LogP contribution in [-0.2, 0) is 19.2 Å². The van der Waals surface area contributed by atoms with Crippen LogP contribution in [0, 0.1) is 0 Å². The van der Waals surface area contributed by atoms with Crippen LogP contribution in [0.2, 0.25) is 0 Å². The van der Waals surface area contributed by atoms with Crippen molar-refractivity contribution >= 4 is 35.5 Å². The SMILES string of the molecule is CC1(C)S[C@@H]2[C@H](O)C(=O)N2[C@@]1(NC(=O)CCCC(N)C(=O)O)C(=O)O. The van der Waals surface area contributed by atoms with Gasteiger partial charge in [0.1, 0.15) is 11.4 Å². The van der Waals surface area contributed by atoms with E-state index in [1.807, 2.05) is 0 Å². The number of carboxylic acid groups (broad SMARTS) is 2. The van der Waals surface area contributed by atoms with Crippen molar-refractivity contribution in [3.8, 4) is 0 Å². The average Bonchev–Trinajstić information content (AvgIpc) is 2.72. The maximum Gasteiger partial charge on any atom is 0.352 e. The topological polar surface area (TPSA) is 170 Å². The third-order valence-electron chi connectivity index (χ3n) is 4.53. The zero-order valence-corrected chi connectivity index (χ0v) is 14.6. The van der Waals surface area contributed by atoms with E-state index in [4.69, 9.17) is 10.8 Å². The number of rotatable bonds is 7. The summed E-state index contributed by atoms with van der Waals surface area (Å²) in [5, 5.41) is 29.9. The number of nitrogens with zero attached hydrogens (tertiary/aromatic N) is 1. The molecule has 0 aromatic heterocycles. The Kier molecular flexibility index (Phi) is 5.04. The van der Waals surface area contributed by atoms with Gasteiger partial charge in [-0.1, -0.05) is 0 Å². The van der Waals surface area contributed by atoms with Crippen molar-refractivity contribution in [1.29, 1.82) is 0 Å². The number of nitrogens with two attached hydrogens (primary N) is 1. The van der Waals surface area contributed by atoms with E-state index in [-0.39, 0.29) is 19.3 Å². The average molecular weight is 375 g/mol. The number of carboxylic acids is 2. The molecule has 10 nitrogen and oxygen atoms in total. The zero-order chi connectivity index (χ0) is 19.2. The second-order valence-electron chi connectivity index (χ2n) is 6.57. The fourth-order valence-electron chi connectivity index (χ4n) is 3.09. The van der Waals surface area contributed by atoms with Crippen molar-refractivity contribution < 1.29 is 34.5 Å². The molecule has 4 atom stereocenters. The number of amides is 2. The van der Waals surface area contributed by atoms with Gasteiger partial charge in [-0.25, -0.2) is 4.79 Å². The van der Waals surface area contributed by atoms with Gasteiger partial charge in [0.05, 0.1) is 4.75 Å². The molecule has 2 heterocycles. The van der Waals surface area contributed by atoms with Gasteiger partial charge in [0.15, 0.2) is 6.10 Å². The summed E-state index contributed by atoms with van der Waals surface area (Å²) in [5.74, 6) is -3.97. The fraction of sp³-hybridized carbons (Fsp3) is 0.714. The Morgan fingerprint density at radius 2 is 1.96 bits per heavy atom. The molecule has 140 valence electrons. The Labute approximate surface area is 147 Å². The summed E-state index contributed by atoms with van der Waals surface area (Å²) >= 11 is 1.10. The van der Waals surface area contributed by atoms with Gasteiger partial charge in [0, 0.05) is 6.42 Å². The van der Waals surface area contributed by atoms with Crippen molar-refractivity contribution in [2.45, 2.75) is 61.0 Å². The molecule has 2 saturated heterocycles. The van der Waals surface area contributed by atoms with E-state index >= 15 is 0 Å². The lowest BCUT2D eigenvalue weighted by molar-refractivity contribution is -0.185. The molecule has 25 heavy (non-hydrogen) atoms. The highest BCUT2D eigenvalue weighted by Gasteiger charge is 2.73. The minimum Gasteiger partial charge on any atom is -0.480 e. The first-order valence-corrected chi connectivity index (χ1v) is 8.55. The predicted octanol–water partition coefficient (Wildman–Crippen LogP) is -1.48. The van der Waals surface area contributed by atoms with Crippen LogP contribution >= 0.6 is 11.8 Å². The normalized spacial score (nSPS) is 31.0. The number of β-lactam (4-membered cyclic amide) rings is 1. The third kappa shape index (κ3) is 2.96. The van der Waals surface area contributed by atoms with E-state index < -0.39 is 51.7 Å². The first kappa shape index (κ1) is 19.5. The van der Waals surface area contributed by atoms with Crippen LogP contribution in [0.15, 0.2) is 0 Å². The molecule has 11 heteroatoms. The number of aliphatic hydroxyl groups is 1. The lowest BCUT2D eigenvalue weighted by Crippen LogP contribution is -2.78. The van der Waals surface area contributed by atoms with Crippen LogP contribution in [0.3, 0.4) is 0 Å². The van der Waals surface area contributed by atoms with E-state index in [9.17, 15) is 29.4 Å². The van der Waals surface area contributed by atoms with Crippen LogP contribution in [0.4, 0.5) is 0 Å². The fourth-order valence-corrected chi connectivity index (χ4v) is 4.72. The van der Waals surface area contributed by atoms with Gasteiger partial charge in [-0.05, 0) is 26.7 Å². The Hall–Kier alpha value is -1.85. The minimum absolute atomic E-state index is 0.0605. The maximum atomic E-state index is 12.2. The summed E-state index contributed by atoms with van der Waals surface area (Å²) in [7, 11) is 0.